The summed E-state index contributed by atoms with van der Waals surface area (Å²) in [5, 5.41) is 32.3. The second kappa shape index (κ2) is 34.6. The Morgan fingerprint density at radius 3 is 1.61 bits per heavy atom. The van der Waals surface area contributed by atoms with Crippen molar-refractivity contribution in [2.24, 2.45) is 46.8 Å². The molecule has 8 amide bonds. The molecule has 1 fully saturated rings. The molecule has 0 spiro atoms. The molecule has 0 aromatic heterocycles. The maximum atomic E-state index is 14.3. The summed E-state index contributed by atoms with van der Waals surface area (Å²) in [5.41, 5.74) is 17.7. The number of carbonyl (C=O) groups excluding carboxylic acids is 9. The Morgan fingerprint density at radius 2 is 1.08 bits per heavy atom. The number of nitrogens with one attached hydrogen (secondary N) is 8. The summed E-state index contributed by atoms with van der Waals surface area (Å²) in [7, 11) is 0. The van der Waals surface area contributed by atoms with E-state index in [4.69, 9.17) is 17.2 Å². The van der Waals surface area contributed by atoms with Crippen molar-refractivity contribution < 1.29 is 48.3 Å². The van der Waals surface area contributed by atoms with E-state index >= 15 is 0 Å². The lowest BCUT2D eigenvalue weighted by Crippen LogP contribution is -2.59. The van der Waals surface area contributed by atoms with Gasteiger partial charge in [0.1, 0.15) is 36.3 Å². The molecule has 0 aromatic carbocycles. The standard InChI is InChI=1S/C50H93N11O10/c1-10-13-35-46(67)61-41(26-32(8)9)45(66)54-23-19-39(59-47(68)36(16-20-51)55-43(64)28-34(62)15-12-11-14-29(2)3)50(71)58-38(18-22-53)49(70)60-40(25-31(6)7)42(63)27-33(24-30(4)5)44(65)56-37(17-21-52)48(69)57-35/h29-41,62H,10-28,51-53H2,1-9H3,(H,54,66)(H,55,64)(H,56,65)(H,57,69)(H,58,71)(H,59,68)(H,60,70)(H,61,67)/t33-,34-,35+,36-,37+,38+,39+,40-,41+/m1/s1. The summed E-state index contributed by atoms with van der Waals surface area (Å²) >= 11 is 0. The van der Waals surface area contributed by atoms with Crippen molar-refractivity contribution in [2.75, 3.05) is 26.2 Å². The number of nitrogens with two attached hydrogens (primary N) is 3. The third-order valence-electron chi connectivity index (χ3n) is 12.2. The van der Waals surface area contributed by atoms with Crippen molar-refractivity contribution in [1.82, 2.24) is 42.5 Å². The summed E-state index contributed by atoms with van der Waals surface area (Å²) in [6, 6.07) is -8.41. The fraction of sp³-hybridized carbons (Fsp3) is 0.820. The molecule has 21 heteroatoms. The van der Waals surface area contributed by atoms with E-state index in [2.05, 4.69) is 56.4 Å². The minimum Gasteiger partial charge on any atom is -0.393 e. The Hall–Kier alpha value is -4.73. The summed E-state index contributed by atoms with van der Waals surface area (Å²) < 4.78 is 0. The fourth-order valence-electron chi connectivity index (χ4n) is 8.43. The summed E-state index contributed by atoms with van der Waals surface area (Å²) in [4.78, 5) is 125. The van der Waals surface area contributed by atoms with Gasteiger partial charge in [0.15, 0.2) is 5.78 Å². The minimum atomic E-state index is -1.42. The van der Waals surface area contributed by atoms with E-state index in [-0.39, 0.29) is 108 Å². The Bertz CT molecular complexity index is 1700. The summed E-state index contributed by atoms with van der Waals surface area (Å²) in [6.45, 7) is 16.9. The molecule has 0 radical (unpaired) electrons. The van der Waals surface area contributed by atoms with Crippen LogP contribution in [0.2, 0.25) is 0 Å². The second-order valence-corrected chi connectivity index (χ2v) is 20.9. The van der Waals surface area contributed by atoms with Crippen LogP contribution in [0.25, 0.3) is 0 Å². The number of hydrogen-bond acceptors (Lipinski definition) is 13. The second-order valence-electron chi connectivity index (χ2n) is 20.9. The van der Waals surface area contributed by atoms with Gasteiger partial charge in [-0.2, -0.15) is 0 Å². The Kier molecular flexibility index (Phi) is 31.3. The normalized spacial score (nSPS) is 23.8. The molecule has 1 aliphatic heterocycles. The van der Waals surface area contributed by atoms with E-state index in [9.17, 15) is 48.3 Å². The smallest absolute Gasteiger partial charge is 0.243 e. The predicted octanol–water partition coefficient (Wildman–Crippen LogP) is 0.427. The van der Waals surface area contributed by atoms with Crippen LogP contribution >= 0.6 is 0 Å². The van der Waals surface area contributed by atoms with Crippen molar-refractivity contribution >= 4 is 53.0 Å². The van der Waals surface area contributed by atoms with E-state index in [1.165, 1.54) is 0 Å². The van der Waals surface area contributed by atoms with Crippen LogP contribution in [0.1, 0.15) is 159 Å². The number of ketones is 1. The molecule has 21 nitrogen and oxygen atoms in total. The molecular formula is C50H93N11O10. The molecule has 9 atom stereocenters. The molecule has 1 rings (SSSR count). The van der Waals surface area contributed by atoms with Crippen molar-refractivity contribution in [1.29, 1.82) is 0 Å². The lowest BCUT2D eigenvalue weighted by Gasteiger charge is -2.28. The highest BCUT2D eigenvalue weighted by atomic mass is 16.3. The SMILES string of the molecule is CCC[C@@H]1NC(=O)[C@H](CCN)NC(=O)[C@H](CC(C)C)CC(=O)[C@@H](CC(C)C)NC(=O)[C@H](CCN)NC(=O)[C@@H](NC(=O)[C@@H](CCN)NC(=O)C[C@H](O)CCCCC(C)C)CCNC(=O)[C@H](CC(C)C)NC1=O. The summed E-state index contributed by atoms with van der Waals surface area (Å²) in [5.74, 6) is -6.60. The molecular weight excluding hydrogens is 915 g/mol. The van der Waals surface area contributed by atoms with Gasteiger partial charge in [-0.05, 0) is 101 Å². The first kappa shape index (κ1) is 64.3. The van der Waals surface area contributed by atoms with Crippen molar-refractivity contribution in [3.8, 4) is 0 Å². The Balaban J connectivity index is 3.81. The zero-order chi connectivity index (χ0) is 53.8. The van der Waals surface area contributed by atoms with Crippen LogP contribution in [0.15, 0.2) is 0 Å². The first-order chi connectivity index (χ1) is 33.5. The summed E-state index contributed by atoms with van der Waals surface area (Å²) in [6.07, 6.45) is 2.47. The lowest BCUT2D eigenvalue weighted by molar-refractivity contribution is -0.136. The highest BCUT2D eigenvalue weighted by Crippen LogP contribution is 2.20. The zero-order valence-corrected chi connectivity index (χ0v) is 44.3. The number of hydrogen-bond donors (Lipinski definition) is 12. The fourth-order valence-corrected chi connectivity index (χ4v) is 8.43. The molecule has 15 N–H and O–H groups in total. The molecule has 1 aliphatic rings. The lowest BCUT2D eigenvalue weighted by atomic mass is 9.87. The molecule has 1 saturated heterocycles. The van der Waals surface area contributed by atoms with Crippen LogP contribution in [0.4, 0.5) is 0 Å². The van der Waals surface area contributed by atoms with Gasteiger partial charge in [0.2, 0.25) is 47.3 Å². The Labute approximate surface area is 422 Å². The van der Waals surface area contributed by atoms with Gasteiger partial charge in [0.25, 0.3) is 0 Å². The van der Waals surface area contributed by atoms with Crippen LogP contribution in [0.5, 0.6) is 0 Å². The van der Waals surface area contributed by atoms with Crippen LogP contribution in [0, 0.1) is 29.6 Å². The van der Waals surface area contributed by atoms with E-state index in [1.54, 1.807) is 0 Å². The molecule has 0 bridgehead atoms. The van der Waals surface area contributed by atoms with Gasteiger partial charge in [-0.15, -0.1) is 0 Å². The van der Waals surface area contributed by atoms with Crippen molar-refractivity contribution in [2.45, 2.75) is 207 Å². The van der Waals surface area contributed by atoms with E-state index < -0.39 is 107 Å². The molecule has 1 heterocycles. The quantitative estimate of drug-likeness (QED) is 0.0585. The molecule has 408 valence electrons. The Morgan fingerprint density at radius 1 is 0.592 bits per heavy atom. The largest absolute Gasteiger partial charge is 0.393 e. The number of Topliss-reactive ketones (excluding diaryl/α,β-unsaturated/α-hetero) is 1. The monoisotopic (exact) mass is 1010 g/mol. The van der Waals surface area contributed by atoms with E-state index in [1.807, 2.05) is 48.5 Å². The van der Waals surface area contributed by atoms with Gasteiger partial charge >= 0.3 is 0 Å². The van der Waals surface area contributed by atoms with Crippen molar-refractivity contribution in [3.63, 3.8) is 0 Å². The van der Waals surface area contributed by atoms with E-state index in [0.717, 1.165) is 19.3 Å². The zero-order valence-electron chi connectivity index (χ0n) is 44.3. The number of rotatable bonds is 24. The van der Waals surface area contributed by atoms with Gasteiger partial charge in [0, 0.05) is 18.9 Å². The average molecular weight is 1010 g/mol. The molecule has 0 saturated carbocycles. The molecule has 0 aliphatic carbocycles. The van der Waals surface area contributed by atoms with Gasteiger partial charge < -0.3 is 64.8 Å². The maximum Gasteiger partial charge on any atom is 0.243 e. The number of carbonyl (C=O) groups is 9. The van der Waals surface area contributed by atoms with Gasteiger partial charge in [0.05, 0.1) is 18.6 Å². The van der Waals surface area contributed by atoms with Gasteiger partial charge in [-0.25, -0.2) is 0 Å². The third-order valence-corrected chi connectivity index (χ3v) is 12.2. The number of aliphatic hydroxyl groups is 1. The van der Waals surface area contributed by atoms with Crippen molar-refractivity contribution in [3.05, 3.63) is 0 Å². The first-order valence-corrected chi connectivity index (χ1v) is 26.2. The predicted molar refractivity (Wildman–Crippen MR) is 272 cm³/mol. The third kappa shape index (κ3) is 26.0. The van der Waals surface area contributed by atoms with Crippen LogP contribution in [0.3, 0.4) is 0 Å². The van der Waals surface area contributed by atoms with E-state index in [0.29, 0.717) is 18.8 Å². The molecule has 71 heavy (non-hydrogen) atoms. The van der Waals surface area contributed by atoms with Crippen LogP contribution < -0.4 is 59.7 Å². The maximum absolute atomic E-state index is 14.3. The molecule has 0 aromatic rings. The highest BCUT2D eigenvalue weighted by Gasteiger charge is 2.36. The van der Waals surface area contributed by atoms with Crippen LogP contribution in [-0.4, -0.2) is 133 Å². The topological polar surface area (TPSA) is 348 Å². The number of unbranched alkanes of at least 4 members (excludes halogenated alkanes) is 1. The van der Waals surface area contributed by atoms with Gasteiger partial charge in [-0.1, -0.05) is 88.0 Å². The first-order valence-electron chi connectivity index (χ1n) is 26.2. The number of amides is 8. The minimum absolute atomic E-state index is 0.00960. The average Bonchev–Trinajstić information content (AvgIpc) is 3.27. The van der Waals surface area contributed by atoms with Gasteiger partial charge in [-0.3, -0.25) is 43.2 Å². The van der Waals surface area contributed by atoms with Crippen LogP contribution in [-0.2, 0) is 43.2 Å². The molecule has 0 unspecified atom stereocenters. The number of aliphatic hydroxyl groups excluding tert-OH is 1. The highest BCUT2D eigenvalue weighted by molar-refractivity contribution is 5.98.